The Balaban J connectivity index is 2.45. The van der Waals surface area contributed by atoms with Crippen LogP contribution in [0.2, 0.25) is 0 Å². The summed E-state index contributed by atoms with van der Waals surface area (Å²) < 4.78 is 26.2. The average Bonchev–Trinajstić information content (AvgIpc) is 2.49. The van der Waals surface area contributed by atoms with Crippen LogP contribution < -0.4 is 5.32 Å². The topological polar surface area (TPSA) is 37.8 Å². The summed E-state index contributed by atoms with van der Waals surface area (Å²) in [4.78, 5) is 9.03. The van der Waals surface area contributed by atoms with Gasteiger partial charge in [0, 0.05) is 17.7 Å². The summed E-state index contributed by atoms with van der Waals surface area (Å²) in [6.07, 6.45) is -1.67. The second-order valence-electron chi connectivity index (χ2n) is 4.46. The Kier molecular flexibility index (Phi) is 5.44. The normalized spacial score (nSPS) is 11.0. The van der Waals surface area contributed by atoms with E-state index in [1.54, 1.807) is 12.1 Å². The minimum atomic E-state index is -2.46. The van der Waals surface area contributed by atoms with Crippen LogP contribution in [0.15, 0.2) is 24.3 Å². The molecule has 0 unspecified atom stereocenters. The lowest BCUT2D eigenvalue weighted by atomic mass is 10.1. The second kappa shape index (κ2) is 7.11. The smallest absolute Gasteiger partial charge is 0.263 e. The first kappa shape index (κ1) is 16.1. The van der Waals surface area contributed by atoms with Crippen LogP contribution in [0, 0.1) is 3.57 Å². The van der Waals surface area contributed by atoms with Crippen molar-refractivity contribution in [2.24, 2.45) is 0 Å². The van der Waals surface area contributed by atoms with Crippen molar-refractivity contribution in [2.45, 2.75) is 26.7 Å². The number of rotatable bonds is 5. The molecule has 2 rings (SSSR count). The molecule has 0 bridgehead atoms. The molecule has 0 radical (unpaired) electrons. The van der Waals surface area contributed by atoms with Crippen LogP contribution in [0.4, 0.5) is 14.6 Å². The average molecular weight is 403 g/mol. The summed E-state index contributed by atoms with van der Waals surface area (Å²) in [5, 5.41) is 3.21. The summed E-state index contributed by atoms with van der Waals surface area (Å²) in [7, 11) is 0. The number of nitrogens with zero attached hydrogens (tertiary/aromatic N) is 2. The maximum absolute atomic E-state index is 12.6. The Morgan fingerprint density at radius 3 is 2.33 bits per heavy atom. The van der Waals surface area contributed by atoms with Gasteiger partial charge in [-0.25, -0.2) is 18.7 Å². The molecule has 0 fully saturated rings. The summed E-state index contributed by atoms with van der Waals surface area (Å²) in [5.74, 6) is 1.35. The van der Waals surface area contributed by atoms with E-state index in [0.29, 0.717) is 5.82 Å². The highest BCUT2D eigenvalue weighted by atomic mass is 127. The highest BCUT2D eigenvalue weighted by molar-refractivity contribution is 14.1. The first-order chi connectivity index (χ1) is 10.1. The van der Waals surface area contributed by atoms with Gasteiger partial charge in [-0.2, -0.15) is 0 Å². The standard InChI is InChI=1S/C15H16F2IN3/c1-3-11-12(18)15(19-4-2)21-14(20-11)10-7-5-9(6-8-10)13(16)17/h5-8,13H,3-4H2,1-2H3,(H,19,20,21). The first-order valence-corrected chi connectivity index (χ1v) is 7.83. The van der Waals surface area contributed by atoms with Crippen molar-refractivity contribution in [3.8, 4) is 11.4 Å². The zero-order chi connectivity index (χ0) is 15.4. The van der Waals surface area contributed by atoms with Crippen molar-refractivity contribution in [1.82, 2.24) is 9.97 Å². The van der Waals surface area contributed by atoms with E-state index in [4.69, 9.17) is 0 Å². The van der Waals surface area contributed by atoms with Gasteiger partial charge >= 0.3 is 0 Å². The molecule has 2 aromatic rings. The molecule has 0 spiro atoms. The lowest BCUT2D eigenvalue weighted by Crippen LogP contribution is -2.07. The highest BCUT2D eigenvalue weighted by Crippen LogP contribution is 2.26. The van der Waals surface area contributed by atoms with Gasteiger partial charge in [0.1, 0.15) is 5.82 Å². The van der Waals surface area contributed by atoms with Crippen LogP contribution in [0.3, 0.4) is 0 Å². The zero-order valence-electron chi connectivity index (χ0n) is 11.8. The van der Waals surface area contributed by atoms with Crippen LogP contribution in [-0.2, 0) is 6.42 Å². The fourth-order valence-electron chi connectivity index (χ4n) is 1.92. The molecule has 6 heteroatoms. The third kappa shape index (κ3) is 3.66. The van der Waals surface area contributed by atoms with E-state index in [9.17, 15) is 8.78 Å². The predicted octanol–water partition coefficient (Wildman–Crippen LogP) is 4.68. The third-order valence-electron chi connectivity index (χ3n) is 3.02. The Hall–Kier alpha value is -1.31. The van der Waals surface area contributed by atoms with Crippen molar-refractivity contribution < 1.29 is 8.78 Å². The number of alkyl halides is 2. The van der Waals surface area contributed by atoms with Gasteiger partial charge in [-0.3, -0.25) is 0 Å². The Labute approximate surface area is 136 Å². The lowest BCUT2D eigenvalue weighted by molar-refractivity contribution is 0.151. The number of anilines is 1. The molecule has 0 aliphatic heterocycles. The SMILES string of the molecule is CCNc1nc(-c2ccc(C(F)F)cc2)nc(CC)c1I. The van der Waals surface area contributed by atoms with Crippen molar-refractivity contribution in [2.75, 3.05) is 11.9 Å². The van der Waals surface area contributed by atoms with E-state index in [2.05, 4.69) is 37.9 Å². The minimum Gasteiger partial charge on any atom is -0.369 e. The van der Waals surface area contributed by atoms with E-state index < -0.39 is 6.43 Å². The van der Waals surface area contributed by atoms with Crippen molar-refractivity contribution in [3.05, 3.63) is 39.1 Å². The number of benzene rings is 1. The van der Waals surface area contributed by atoms with Crippen molar-refractivity contribution in [1.29, 1.82) is 0 Å². The molecule has 1 heterocycles. The molecule has 3 nitrogen and oxygen atoms in total. The van der Waals surface area contributed by atoms with Gasteiger partial charge in [-0.05, 0) is 35.9 Å². The maximum atomic E-state index is 12.6. The van der Waals surface area contributed by atoms with Crippen LogP contribution in [0.25, 0.3) is 11.4 Å². The largest absolute Gasteiger partial charge is 0.369 e. The highest BCUT2D eigenvalue weighted by Gasteiger charge is 2.13. The molecule has 112 valence electrons. The molecule has 0 saturated carbocycles. The zero-order valence-corrected chi connectivity index (χ0v) is 14.0. The van der Waals surface area contributed by atoms with E-state index >= 15 is 0 Å². The molecule has 1 aromatic heterocycles. The van der Waals surface area contributed by atoms with E-state index in [-0.39, 0.29) is 5.56 Å². The molecule has 0 aliphatic rings. The fraction of sp³-hybridized carbons (Fsp3) is 0.333. The van der Waals surface area contributed by atoms with Gasteiger partial charge in [0.2, 0.25) is 0 Å². The Bertz CT molecular complexity index is 615. The monoisotopic (exact) mass is 403 g/mol. The van der Waals surface area contributed by atoms with Crippen LogP contribution >= 0.6 is 22.6 Å². The maximum Gasteiger partial charge on any atom is 0.263 e. The number of aryl methyl sites for hydroxylation is 1. The van der Waals surface area contributed by atoms with Crippen molar-refractivity contribution in [3.63, 3.8) is 0 Å². The molecular formula is C15H16F2IN3. The number of hydrogen-bond donors (Lipinski definition) is 1. The van der Waals surface area contributed by atoms with E-state index in [0.717, 1.165) is 33.6 Å². The molecule has 21 heavy (non-hydrogen) atoms. The Morgan fingerprint density at radius 1 is 1.14 bits per heavy atom. The summed E-state index contributed by atoms with van der Waals surface area (Å²) in [6, 6.07) is 6.11. The molecule has 1 aromatic carbocycles. The Morgan fingerprint density at radius 2 is 1.81 bits per heavy atom. The third-order valence-corrected chi connectivity index (χ3v) is 4.15. The number of nitrogens with one attached hydrogen (secondary N) is 1. The van der Waals surface area contributed by atoms with E-state index in [1.807, 2.05) is 13.8 Å². The van der Waals surface area contributed by atoms with Gasteiger partial charge < -0.3 is 5.32 Å². The first-order valence-electron chi connectivity index (χ1n) is 6.75. The molecule has 0 atom stereocenters. The number of hydrogen-bond acceptors (Lipinski definition) is 3. The number of aromatic nitrogens is 2. The molecule has 0 aliphatic carbocycles. The summed E-state index contributed by atoms with van der Waals surface area (Å²) >= 11 is 2.23. The fourth-order valence-corrected chi connectivity index (χ4v) is 2.73. The van der Waals surface area contributed by atoms with Crippen LogP contribution in [0.5, 0.6) is 0 Å². The molecular weight excluding hydrogens is 387 g/mol. The van der Waals surface area contributed by atoms with Gasteiger partial charge in [-0.15, -0.1) is 0 Å². The lowest BCUT2D eigenvalue weighted by Gasteiger charge is -2.11. The molecule has 1 N–H and O–H groups in total. The summed E-state index contributed by atoms with van der Waals surface area (Å²) in [5.41, 5.74) is 1.70. The minimum absolute atomic E-state index is 0.00637. The predicted molar refractivity (Wildman–Crippen MR) is 88.7 cm³/mol. The van der Waals surface area contributed by atoms with Gasteiger partial charge in [-0.1, -0.05) is 31.2 Å². The van der Waals surface area contributed by atoms with E-state index in [1.165, 1.54) is 12.1 Å². The van der Waals surface area contributed by atoms with Crippen LogP contribution in [0.1, 0.15) is 31.5 Å². The van der Waals surface area contributed by atoms with Gasteiger partial charge in [0.25, 0.3) is 6.43 Å². The van der Waals surface area contributed by atoms with Gasteiger partial charge in [0.15, 0.2) is 5.82 Å². The second-order valence-corrected chi connectivity index (χ2v) is 5.54. The van der Waals surface area contributed by atoms with Gasteiger partial charge in [0.05, 0.1) is 9.26 Å². The quantitative estimate of drug-likeness (QED) is 0.737. The molecule has 0 saturated heterocycles. The van der Waals surface area contributed by atoms with Crippen LogP contribution in [-0.4, -0.2) is 16.5 Å². The summed E-state index contributed by atoms with van der Waals surface area (Å²) in [6.45, 7) is 4.80. The number of halogens is 3. The van der Waals surface area contributed by atoms with Crippen molar-refractivity contribution >= 4 is 28.4 Å². The molecule has 0 amide bonds.